The van der Waals surface area contributed by atoms with Crippen molar-refractivity contribution >= 4 is 11.9 Å². The Kier molecular flexibility index (Phi) is 2.19. The highest BCUT2D eigenvalue weighted by molar-refractivity contribution is 5.96. The van der Waals surface area contributed by atoms with Crippen molar-refractivity contribution < 1.29 is 14.3 Å². The van der Waals surface area contributed by atoms with Crippen LogP contribution in [-0.4, -0.2) is 35.5 Å². The molecule has 2 saturated heterocycles. The van der Waals surface area contributed by atoms with Crippen LogP contribution in [0.15, 0.2) is 0 Å². The minimum Gasteiger partial charge on any atom is -0.448 e. The van der Waals surface area contributed by atoms with Crippen LogP contribution < -0.4 is 0 Å². The van der Waals surface area contributed by atoms with E-state index in [0.717, 1.165) is 32.4 Å². The van der Waals surface area contributed by atoms with Crippen LogP contribution in [0.1, 0.15) is 46.5 Å². The smallest absolute Gasteiger partial charge is 0.313 e. The van der Waals surface area contributed by atoms with E-state index in [1.165, 1.54) is 0 Å². The summed E-state index contributed by atoms with van der Waals surface area (Å²) in [7, 11) is 0. The van der Waals surface area contributed by atoms with Crippen molar-refractivity contribution in [1.82, 2.24) is 4.90 Å². The summed E-state index contributed by atoms with van der Waals surface area (Å²) in [5, 5.41) is 0. The number of esters is 1. The molecule has 3 aliphatic rings. The largest absolute Gasteiger partial charge is 0.448 e. The molecule has 2 atom stereocenters. The molecule has 3 rings (SSSR count). The standard InChI is InChI=1S/C14H21NO3/c1-12(2)13(3)6-7-14(12,18-11(13)17)10(16)15-8-4-5-9-15/h4-9H2,1-3H3/t13-,14-/m0/s1. The maximum absolute atomic E-state index is 12.8. The molecule has 1 aliphatic carbocycles. The maximum Gasteiger partial charge on any atom is 0.313 e. The number of hydrogen-bond acceptors (Lipinski definition) is 3. The maximum atomic E-state index is 12.8. The normalized spacial score (nSPS) is 41.3. The molecule has 0 spiro atoms. The molecule has 0 aromatic carbocycles. The molecule has 0 aromatic heterocycles. The third-order valence-corrected chi connectivity index (χ3v) is 5.82. The zero-order valence-corrected chi connectivity index (χ0v) is 11.4. The van der Waals surface area contributed by atoms with E-state index in [4.69, 9.17) is 4.74 Å². The first-order chi connectivity index (χ1) is 8.35. The fourth-order valence-electron chi connectivity index (χ4n) is 3.90. The fourth-order valence-corrected chi connectivity index (χ4v) is 3.90. The molecule has 2 heterocycles. The van der Waals surface area contributed by atoms with Crippen LogP contribution >= 0.6 is 0 Å². The lowest BCUT2D eigenvalue weighted by Gasteiger charge is -2.37. The van der Waals surface area contributed by atoms with Crippen molar-refractivity contribution in [2.75, 3.05) is 13.1 Å². The monoisotopic (exact) mass is 251 g/mol. The first-order valence-corrected chi connectivity index (χ1v) is 6.88. The van der Waals surface area contributed by atoms with E-state index in [9.17, 15) is 9.59 Å². The first-order valence-electron chi connectivity index (χ1n) is 6.88. The van der Waals surface area contributed by atoms with Crippen molar-refractivity contribution in [2.24, 2.45) is 10.8 Å². The third kappa shape index (κ3) is 1.08. The van der Waals surface area contributed by atoms with E-state index in [0.29, 0.717) is 6.42 Å². The minimum atomic E-state index is -0.900. The Morgan fingerprint density at radius 3 is 2.22 bits per heavy atom. The van der Waals surface area contributed by atoms with Crippen molar-refractivity contribution in [1.29, 1.82) is 0 Å². The summed E-state index contributed by atoms with van der Waals surface area (Å²) in [5.74, 6) is -0.147. The van der Waals surface area contributed by atoms with Crippen LogP contribution in [0.2, 0.25) is 0 Å². The van der Waals surface area contributed by atoms with E-state index >= 15 is 0 Å². The molecule has 0 unspecified atom stereocenters. The summed E-state index contributed by atoms with van der Waals surface area (Å²) in [6.07, 6.45) is 3.57. The summed E-state index contributed by atoms with van der Waals surface area (Å²) >= 11 is 0. The molecule has 4 nitrogen and oxygen atoms in total. The van der Waals surface area contributed by atoms with Gasteiger partial charge in [0.05, 0.1) is 5.41 Å². The Hall–Kier alpha value is -1.06. The van der Waals surface area contributed by atoms with Crippen LogP contribution in [0.25, 0.3) is 0 Å². The Morgan fingerprint density at radius 1 is 1.17 bits per heavy atom. The average Bonchev–Trinajstić information content (AvgIpc) is 2.93. The summed E-state index contributed by atoms with van der Waals surface area (Å²) < 4.78 is 5.61. The second-order valence-corrected chi connectivity index (χ2v) is 6.67. The summed E-state index contributed by atoms with van der Waals surface area (Å²) in [6, 6.07) is 0. The van der Waals surface area contributed by atoms with Crippen LogP contribution in [0, 0.1) is 10.8 Å². The van der Waals surface area contributed by atoms with Gasteiger partial charge in [-0.05, 0) is 32.6 Å². The van der Waals surface area contributed by atoms with Crippen LogP contribution in [0.5, 0.6) is 0 Å². The number of fused-ring (bicyclic) bond motifs is 2. The number of nitrogens with zero attached hydrogens (tertiary/aromatic N) is 1. The SMILES string of the molecule is CC1(C)[C@@]2(C)CC[C@@]1(C(=O)N1CCCC1)OC2=O. The van der Waals surface area contributed by atoms with Gasteiger partial charge in [-0.2, -0.15) is 0 Å². The molecule has 2 aliphatic heterocycles. The highest BCUT2D eigenvalue weighted by Gasteiger charge is 2.76. The third-order valence-electron chi connectivity index (χ3n) is 5.82. The summed E-state index contributed by atoms with van der Waals surface area (Å²) in [6.45, 7) is 7.59. The quantitative estimate of drug-likeness (QED) is 0.667. The lowest BCUT2D eigenvalue weighted by molar-refractivity contribution is -0.173. The number of carbonyl (C=O) groups is 2. The van der Waals surface area contributed by atoms with E-state index in [2.05, 4.69) is 0 Å². The van der Waals surface area contributed by atoms with E-state index in [1.807, 2.05) is 25.7 Å². The Morgan fingerprint density at radius 2 is 1.78 bits per heavy atom. The highest BCUT2D eigenvalue weighted by Crippen LogP contribution is 2.66. The van der Waals surface area contributed by atoms with Gasteiger partial charge in [0.25, 0.3) is 5.91 Å². The molecule has 3 fully saturated rings. The van der Waals surface area contributed by atoms with Gasteiger partial charge in [0.1, 0.15) is 0 Å². The van der Waals surface area contributed by atoms with Crippen LogP contribution in [-0.2, 0) is 14.3 Å². The van der Waals surface area contributed by atoms with Gasteiger partial charge in [0.2, 0.25) is 0 Å². The van der Waals surface area contributed by atoms with Gasteiger partial charge < -0.3 is 9.64 Å². The molecule has 2 bridgehead atoms. The minimum absolute atomic E-state index is 0.0413. The Labute approximate surface area is 108 Å². The molecule has 0 aromatic rings. The van der Waals surface area contributed by atoms with E-state index in [1.54, 1.807) is 0 Å². The van der Waals surface area contributed by atoms with Crippen molar-refractivity contribution in [3.05, 3.63) is 0 Å². The second kappa shape index (κ2) is 3.28. The van der Waals surface area contributed by atoms with Crippen LogP contribution in [0.4, 0.5) is 0 Å². The number of ether oxygens (including phenoxy) is 1. The number of amides is 1. The van der Waals surface area contributed by atoms with Gasteiger partial charge >= 0.3 is 5.97 Å². The molecule has 100 valence electrons. The highest BCUT2D eigenvalue weighted by atomic mass is 16.6. The molecular weight excluding hydrogens is 230 g/mol. The van der Waals surface area contributed by atoms with E-state index in [-0.39, 0.29) is 11.9 Å². The number of rotatable bonds is 1. The topological polar surface area (TPSA) is 46.6 Å². The van der Waals surface area contributed by atoms with Crippen LogP contribution in [0.3, 0.4) is 0 Å². The van der Waals surface area contributed by atoms with Crippen molar-refractivity contribution in [3.63, 3.8) is 0 Å². The number of carbonyl (C=O) groups excluding carboxylic acids is 2. The Bertz CT molecular complexity index is 425. The van der Waals surface area contributed by atoms with Gasteiger partial charge in [-0.15, -0.1) is 0 Å². The zero-order chi connectivity index (χ0) is 13.2. The summed E-state index contributed by atoms with van der Waals surface area (Å²) in [5.41, 5.74) is -1.80. The Balaban J connectivity index is 2.00. The van der Waals surface area contributed by atoms with Gasteiger partial charge in [0.15, 0.2) is 5.60 Å². The van der Waals surface area contributed by atoms with E-state index < -0.39 is 16.4 Å². The van der Waals surface area contributed by atoms with Crippen molar-refractivity contribution in [3.8, 4) is 0 Å². The van der Waals surface area contributed by atoms with Crippen molar-refractivity contribution in [2.45, 2.75) is 52.1 Å². The number of likely N-dealkylation sites (tertiary alicyclic amines) is 1. The molecule has 0 N–H and O–H groups in total. The number of hydrogen-bond donors (Lipinski definition) is 0. The average molecular weight is 251 g/mol. The fraction of sp³-hybridized carbons (Fsp3) is 0.857. The molecule has 1 amide bonds. The van der Waals surface area contributed by atoms with Gasteiger partial charge in [-0.1, -0.05) is 13.8 Å². The molecular formula is C14H21NO3. The van der Waals surface area contributed by atoms with Gasteiger partial charge in [-0.25, -0.2) is 0 Å². The van der Waals surface area contributed by atoms with Gasteiger partial charge in [0, 0.05) is 18.5 Å². The lowest BCUT2D eigenvalue weighted by atomic mass is 9.66. The predicted molar refractivity (Wildman–Crippen MR) is 65.8 cm³/mol. The van der Waals surface area contributed by atoms with Gasteiger partial charge in [-0.3, -0.25) is 9.59 Å². The molecule has 1 saturated carbocycles. The lowest BCUT2D eigenvalue weighted by Crippen LogP contribution is -2.54. The summed E-state index contributed by atoms with van der Waals surface area (Å²) in [4.78, 5) is 26.8. The molecule has 4 heteroatoms. The molecule has 18 heavy (non-hydrogen) atoms. The second-order valence-electron chi connectivity index (χ2n) is 6.67. The first kappa shape index (κ1) is 12.0. The predicted octanol–water partition coefficient (Wildman–Crippen LogP) is 1.73. The zero-order valence-electron chi connectivity index (χ0n) is 11.4. The molecule has 0 radical (unpaired) electrons.